The maximum absolute atomic E-state index is 15.6. The summed E-state index contributed by atoms with van der Waals surface area (Å²) in [7, 11) is 3.38. The number of hydrogen-bond acceptors (Lipinski definition) is 11. The number of anilines is 1. The zero-order chi connectivity index (χ0) is 31.0. The zero-order valence-corrected chi connectivity index (χ0v) is 23.5. The number of phenolic OH excluding ortho intramolecular Hbond substituents is 3. The summed E-state index contributed by atoms with van der Waals surface area (Å²) >= 11 is 0. The van der Waals surface area contributed by atoms with Crippen LogP contribution in [0, 0.1) is 5.82 Å². The van der Waals surface area contributed by atoms with E-state index in [9.17, 15) is 39.9 Å². The van der Waals surface area contributed by atoms with Crippen LogP contribution in [-0.4, -0.2) is 120 Å². The van der Waals surface area contributed by atoms with E-state index in [-0.39, 0.29) is 42.6 Å². The Morgan fingerprint density at radius 2 is 1.79 bits per heavy atom. The van der Waals surface area contributed by atoms with E-state index in [4.69, 9.17) is 4.74 Å². The summed E-state index contributed by atoms with van der Waals surface area (Å²) in [6.07, 6.45) is 0.0883. The lowest BCUT2D eigenvalue weighted by Crippen LogP contribution is -2.71. The fourth-order valence-electron chi connectivity index (χ4n) is 5.22. The summed E-state index contributed by atoms with van der Waals surface area (Å²) in [5.41, 5.74) is -4.45. The highest BCUT2D eigenvalue weighted by molar-refractivity contribution is 6.33. The van der Waals surface area contributed by atoms with E-state index in [0.717, 1.165) is 20.6 Å². The topological polar surface area (TPSA) is 192 Å². The van der Waals surface area contributed by atoms with E-state index in [0.29, 0.717) is 37.6 Å². The fraction of sp³-hybridized carbons (Fsp3) is 0.423. The summed E-state index contributed by atoms with van der Waals surface area (Å²) in [5, 5.41) is 58.2. The molecule has 4 rings (SSSR count). The third-order valence-corrected chi connectivity index (χ3v) is 8.08. The Morgan fingerprint density at radius 1 is 1.14 bits per heavy atom. The van der Waals surface area contributed by atoms with Crippen molar-refractivity contribution < 1.29 is 49.0 Å². The van der Waals surface area contributed by atoms with Crippen LogP contribution in [-0.2, 0) is 34.0 Å². The number of benzene rings is 2. The van der Waals surface area contributed by atoms with Crippen molar-refractivity contribution in [3.63, 3.8) is 0 Å². The highest BCUT2D eigenvalue weighted by atomic mass is 19.1. The lowest BCUT2D eigenvalue weighted by Gasteiger charge is -2.44. The molecule has 2 aromatic carbocycles. The number of hydrogen-bond donors (Lipinski definition) is 7. The summed E-state index contributed by atoms with van der Waals surface area (Å²) in [6, 6.07) is 2.93. The second-order valence-corrected chi connectivity index (χ2v) is 10.8. The minimum absolute atomic E-state index is 0.0303. The van der Waals surface area contributed by atoms with Crippen LogP contribution in [0.3, 0.4) is 0 Å². The van der Waals surface area contributed by atoms with Crippen LogP contribution in [0.15, 0.2) is 18.2 Å². The molecule has 2 heterocycles. The molecule has 13 nitrogen and oxygen atoms in total. The van der Waals surface area contributed by atoms with Crippen molar-refractivity contribution in [2.24, 2.45) is 0 Å². The van der Waals surface area contributed by atoms with Crippen molar-refractivity contribution in [1.82, 2.24) is 15.1 Å². The van der Waals surface area contributed by atoms with Gasteiger partial charge in [0.1, 0.15) is 31.5 Å². The van der Waals surface area contributed by atoms with Gasteiger partial charge in [-0.25, -0.2) is 4.39 Å². The first-order valence-electron chi connectivity index (χ1n) is 13.3. The molecule has 0 bridgehead atoms. The third kappa shape index (κ3) is 5.38. The Morgan fingerprint density at radius 3 is 2.40 bits per heavy atom. The maximum atomic E-state index is 15.6. The van der Waals surface area contributed by atoms with Gasteiger partial charge in [0.05, 0.1) is 24.3 Å². The molecule has 0 aromatic heterocycles. The van der Waals surface area contributed by atoms with Crippen LogP contribution in [0.4, 0.5) is 10.1 Å². The number of nitrogens with zero attached hydrogens (tertiary/aromatic N) is 2. The molecule has 0 radical (unpaired) electrons. The molecule has 16 heteroatoms. The van der Waals surface area contributed by atoms with Gasteiger partial charge in [-0.1, -0.05) is 6.07 Å². The van der Waals surface area contributed by atoms with Gasteiger partial charge in [0.25, 0.3) is 5.91 Å². The first-order valence-corrected chi connectivity index (χ1v) is 13.3. The highest BCUT2D eigenvalue weighted by Crippen LogP contribution is 2.44. The predicted octanol–water partition coefficient (Wildman–Crippen LogP) is -2.70. The zero-order valence-electron chi connectivity index (χ0n) is 23.5. The number of halogens is 1. The van der Waals surface area contributed by atoms with Gasteiger partial charge >= 0.3 is 0 Å². The SMILES string of the molecule is BC(O)(C=O)C(B)(O)C(C(=O)NC)N1Cc2c(NCc3c(O)c(O)c(O)c(CN4CCOCC4)c3F)cccc2C1=O. The average molecular weight is 586 g/mol. The molecule has 0 saturated carbocycles. The number of aldehydes is 1. The number of rotatable bonds is 10. The van der Waals surface area contributed by atoms with E-state index in [1.165, 1.54) is 19.2 Å². The molecule has 2 aliphatic heterocycles. The Bertz CT molecular complexity index is 1400. The van der Waals surface area contributed by atoms with Crippen LogP contribution in [0.25, 0.3) is 0 Å². The Hall–Kier alpha value is -3.85. The first kappa shape index (κ1) is 31.1. The molecule has 7 N–H and O–H groups in total. The molecule has 1 saturated heterocycles. The number of ether oxygens (including phenoxy) is 1. The number of morpholine rings is 1. The fourth-order valence-corrected chi connectivity index (χ4v) is 5.22. The smallest absolute Gasteiger partial charge is 0.255 e. The molecular formula is C26H33B2FN4O9. The van der Waals surface area contributed by atoms with Gasteiger partial charge in [-0.15, -0.1) is 0 Å². The second-order valence-electron chi connectivity index (χ2n) is 10.8. The minimum Gasteiger partial charge on any atom is -0.504 e. The van der Waals surface area contributed by atoms with E-state index < -0.39 is 51.9 Å². The minimum atomic E-state index is -2.39. The molecule has 42 heavy (non-hydrogen) atoms. The molecule has 2 amide bonds. The van der Waals surface area contributed by atoms with Gasteiger partial charge in [-0.2, -0.15) is 0 Å². The number of fused-ring (bicyclic) bond motifs is 1. The van der Waals surface area contributed by atoms with Crippen LogP contribution < -0.4 is 10.6 Å². The first-order chi connectivity index (χ1) is 19.8. The largest absolute Gasteiger partial charge is 0.504 e. The molecule has 224 valence electrons. The summed E-state index contributed by atoms with van der Waals surface area (Å²) < 4.78 is 20.9. The van der Waals surface area contributed by atoms with Gasteiger partial charge in [0, 0.05) is 62.1 Å². The van der Waals surface area contributed by atoms with Crippen molar-refractivity contribution in [3.05, 3.63) is 46.3 Å². The molecule has 0 spiro atoms. The number of aromatic hydroxyl groups is 3. The van der Waals surface area contributed by atoms with Crippen molar-refractivity contribution >= 4 is 39.5 Å². The molecule has 1 fully saturated rings. The van der Waals surface area contributed by atoms with Gasteiger partial charge in [0.2, 0.25) is 11.7 Å². The monoisotopic (exact) mass is 586 g/mol. The Kier molecular flexibility index (Phi) is 8.73. The van der Waals surface area contributed by atoms with Crippen molar-refractivity contribution in [2.45, 2.75) is 36.7 Å². The number of likely N-dealkylation sites (N-methyl/N-ethyl adjacent to an activating group) is 1. The predicted molar refractivity (Wildman–Crippen MR) is 152 cm³/mol. The highest BCUT2D eigenvalue weighted by Gasteiger charge is 2.54. The standard InChI is InChI=1S/C26H33B2FN4O9/c1-30-23(38)22(26(28,41)25(27,40)12-34)33-11-15-13(24(33)39)3-2-4-17(15)31-9-14-18(29)16(20(36)21(37)19(14)35)10-32-5-7-42-8-6-32/h2-4,12,22,31,35-37,40-41H,5-11,27-28H2,1H3,(H,30,38). The van der Waals surface area contributed by atoms with E-state index in [1.807, 2.05) is 4.90 Å². The molecular weight excluding hydrogens is 553 g/mol. The van der Waals surface area contributed by atoms with Crippen molar-refractivity contribution in [1.29, 1.82) is 0 Å². The summed E-state index contributed by atoms with van der Waals surface area (Å²) in [5.74, 6) is -4.88. The van der Waals surface area contributed by atoms with Crippen molar-refractivity contribution in [3.8, 4) is 17.2 Å². The number of carbonyl (C=O) groups excluding carboxylic acids is 3. The van der Waals surface area contributed by atoms with Gasteiger partial charge in [-0.3, -0.25) is 14.5 Å². The lowest BCUT2D eigenvalue weighted by molar-refractivity contribution is -0.146. The van der Waals surface area contributed by atoms with E-state index in [2.05, 4.69) is 10.6 Å². The number of carbonyl (C=O) groups is 3. The molecule has 2 aliphatic rings. The molecule has 3 atom stereocenters. The van der Waals surface area contributed by atoms with E-state index in [1.54, 1.807) is 6.07 Å². The Labute approximate surface area is 242 Å². The number of aliphatic hydroxyl groups is 2. The van der Waals surface area contributed by atoms with Crippen LogP contribution >= 0.6 is 0 Å². The molecule has 3 unspecified atom stereocenters. The summed E-state index contributed by atoms with van der Waals surface area (Å²) in [6.45, 7) is 1.22. The number of amides is 2. The second kappa shape index (κ2) is 11.8. The van der Waals surface area contributed by atoms with Gasteiger partial charge in [0.15, 0.2) is 19.3 Å². The van der Waals surface area contributed by atoms with Crippen LogP contribution in [0.1, 0.15) is 27.0 Å². The van der Waals surface area contributed by atoms with Gasteiger partial charge < -0.3 is 50.6 Å². The average Bonchev–Trinajstić information content (AvgIpc) is 3.30. The van der Waals surface area contributed by atoms with Crippen LogP contribution in [0.5, 0.6) is 17.2 Å². The lowest BCUT2D eigenvalue weighted by atomic mass is 9.55. The Balaban J connectivity index is 1.64. The van der Waals surface area contributed by atoms with Crippen LogP contribution in [0.2, 0.25) is 0 Å². The normalized spacial score (nSPS) is 19.0. The van der Waals surface area contributed by atoms with Crippen molar-refractivity contribution in [2.75, 3.05) is 38.7 Å². The quantitative estimate of drug-likeness (QED) is 0.0871. The number of phenols is 3. The third-order valence-electron chi connectivity index (χ3n) is 8.08. The maximum Gasteiger partial charge on any atom is 0.255 e. The molecule has 2 aromatic rings. The number of nitrogens with one attached hydrogen (secondary N) is 2. The van der Waals surface area contributed by atoms with Gasteiger partial charge in [-0.05, 0) is 12.1 Å². The van der Waals surface area contributed by atoms with E-state index >= 15 is 4.39 Å². The summed E-state index contributed by atoms with van der Waals surface area (Å²) in [4.78, 5) is 40.7. The molecule has 0 aliphatic carbocycles.